The number of benzene rings is 1. The first-order chi connectivity index (χ1) is 9.02. The van der Waals surface area contributed by atoms with Gasteiger partial charge in [0.1, 0.15) is 6.04 Å². The van der Waals surface area contributed by atoms with Crippen LogP contribution in [0.3, 0.4) is 0 Å². The van der Waals surface area contributed by atoms with Gasteiger partial charge in [-0.15, -0.1) is 0 Å². The van der Waals surface area contributed by atoms with Gasteiger partial charge < -0.3 is 10.4 Å². The summed E-state index contributed by atoms with van der Waals surface area (Å²) in [6.45, 7) is 3.78. The maximum absolute atomic E-state index is 11.4. The summed E-state index contributed by atoms with van der Waals surface area (Å²) in [5.74, 6) is -0.931. The monoisotopic (exact) mass is 276 g/mol. The number of aliphatic imine (C=N–C) groups is 1. The summed E-state index contributed by atoms with van der Waals surface area (Å²) in [6.07, 6.45) is 1.91. The molecule has 0 aliphatic carbocycles. The molecule has 1 aliphatic rings. The van der Waals surface area contributed by atoms with Crippen LogP contribution in [-0.4, -0.2) is 22.5 Å². The molecule has 1 heterocycles. The Hall–Kier alpha value is -1.75. The van der Waals surface area contributed by atoms with E-state index in [1.54, 1.807) is 6.92 Å². The molecule has 1 unspecified atom stereocenters. The summed E-state index contributed by atoms with van der Waals surface area (Å²) >= 11 is 1.48. The van der Waals surface area contributed by atoms with E-state index in [1.165, 1.54) is 11.8 Å². The Bertz CT molecular complexity index is 561. The molecule has 1 aromatic carbocycles. The van der Waals surface area contributed by atoms with Gasteiger partial charge in [0.25, 0.3) is 0 Å². The summed E-state index contributed by atoms with van der Waals surface area (Å²) in [7, 11) is 0. The van der Waals surface area contributed by atoms with Gasteiger partial charge in [0.2, 0.25) is 0 Å². The Morgan fingerprint density at radius 3 is 2.47 bits per heavy atom. The predicted octanol–water partition coefficient (Wildman–Crippen LogP) is 2.72. The summed E-state index contributed by atoms with van der Waals surface area (Å²) in [6, 6.07) is 7.37. The Kier molecular flexibility index (Phi) is 3.95. The zero-order valence-electron chi connectivity index (χ0n) is 11.1. The van der Waals surface area contributed by atoms with E-state index in [0.29, 0.717) is 11.3 Å². The van der Waals surface area contributed by atoms with E-state index in [0.717, 1.165) is 16.3 Å². The van der Waals surface area contributed by atoms with Crippen molar-refractivity contribution in [1.29, 1.82) is 0 Å². The van der Waals surface area contributed by atoms with E-state index in [9.17, 15) is 9.90 Å². The SMILES string of the molecule is CSC1=NC(c2ccc(C)cc2)C(C(=O)O)=C(C)N1. The number of allylic oxidation sites excluding steroid dienone is 1. The number of carboxylic acids is 1. The second-order valence-corrected chi connectivity index (χ2v) is 5.22. The van der Waals surface area contributed by atoms with Crippen LogP contribution in [0, 0.1) is 6.92 Å². The third-order valence-electron chi connectivity index (χ3n) is 3.04. The minimum Gasteiger partial charge on any atom is -0.478 e. The van der Waals surface area contributed by atoms with E-state index in [1.807, 2.05) is 37.4 Å². The fraction of sp³-hybridized carbons (Fsp3) is 0.286. The second-order valence-electron chi connectivity index (χ2n) is 4.42. The van der Waals surface area contributed by atoms with Crippen LogP contribution in [0.2, 0.25) is 0 Å². The first kappa shape index (κ1) is 13.7. The average molecular weight is 276 g/mol. The summed E-state index contributed by atoms with van der Waals surface area (Å²) < 4.78 is 0. The number of aliphatic carboxylic acids is 1. The Balaban J connectivity index is 2.48. The molecule has 5 heteroatoms. The van der Waals surface area contributed by atoms with Gasteiger partial charge in [-0.2, -0.15) is 0 Å². The topological polar surface area (TPSA) is 61.7 Å². The minimum atomic E-state index is -0.931. The van der Waals surface area contributed by atoms with Crippen LogP contribution in [0.15, 0.2) is 40.5 Å². The standard InChI is InChI=1S/C14H16N2O2S/c1-8-4-6-10(7-5-8)12-11(13(17)18)9(2)15-14(16-12)19-3/h4-7,12H,1-3H3,(H,15,16)(H,17,18). The van der Waals surface area contributed by atoms with E-state index in [-0.39, 0.29) is 0 Å². The van der Waals surface area contributed by atoms with Crippen LogP contribution in [0.25, 0.3) is 0 Å². The molecule has 0 spiro atoms. The fourth-order valence-corrected chi connectivity index (χ4v) is 2.48. The van der Waals surface area contributed by atoms with Crippen LogP contribution >= 0.6 is 11.8 Å². The molecule has 100 valence electrons. The number of carboxylic acid groups (broad SMARTS) is 1. The average Bonchev–Trinajstić information content (AvgIpc) is 2.38. The zero-order valence-corrected chi connectivity index (χ0v) is 11.9. The van der Waals surface area contributed by atoms with Crippen LogP contribution < -0.4 is 5.32 Å². The lowest BCUT2D eigenvalue weighted by Gasteiger charge is -2.24. The van der Waals surface area contributed by atoms with Crippen LogP contribution in [0.5, 0.6) is 0 Å². The van der Waals surface area contributed by atoms with Crippen molar-refractivity contribution in [3.63, 3.8) is 0 Å². The maximum Gasteiger partial charge on any atom is 0.335 e. The molecule has 0 bridgehead atoms. The lowest BCUT2D eigenvalue weighted by Crippen LogP contribution is -2.29. The highest BCUT2D eigenvalue weighted by molar-refractivity contribution is 8.13. The van der Waals surface area contributed by atoms with E-state index in [2.05, 4.69) is 10.3 Å². The number of nitrogens with one attached hydrogen (secondary N) is 1. The molecule has 1 atom stereocenters. The quantitative estimate of drug-likeness (QED) is 0.872. The number of thioether (sulfide) groups is 1. The molecule has 1 aliphatic heterocycles. The molecule has 1 aromatic rings. The van der Waals surface area contributed by atoms with Crippen molar-refractivity contribution in [1.82, 2.24) is 5.32 Å². The second kappa shape index (κ2) is 5.48. The number of rotatable bonds is 2. The van der Waals surface area contributed by atoms with Gasteiger partial charge in [0, 0.05) is 5.70 Å². The van der Waals surface area contributed by atoms with Gasteiger partial charge in [-0.3, -0.25) is 0 Å². The van der Waals surface area contributed by atoms with Crippen molar-refractivity contribution in [2.75, 3.05) is 6.26 Å². The summed E-state index contributed by atoms with van der Waals surface area (Å²) in [5.41, 5.74) is 3.00. The molecule has 0 aromatic heterocycles. The highest BCUT2D eigenvalue weighted by Crippen LogP contribution is 2.31. The van der Waals surface area contributed by atoms with Gasteiger partial charge in [-0.25, -0.2) is 9.79 Å². The lowest BCUT2D eigenvalue weighted by molar-refractivity contribution is -0.133. The highest BCUT2D eigenvalue weighted by atomic mass is 32.2. The third kappa shape index (κ3) is 2.81. The normalized spacial score (nSPS) is 18.9. The molecule has 0 amide bonds. The van der Waals surface area contributed by atoms with Gasteiger partial charge in [0.05, 0.1) is 5.57 Å². The molecule has 0 saturated carbocycles. The van der Waals surface area contributed by atoms with Gasteiger partial charge >= 0.3 is 5.97 Å². The van der Waals surface area contributed by atoms with E-state index < -0.39 is 12.0 Å². The molecule has 2 rings (SSSR count). The Morgan fingerprint density at radius 1 is 1.32 bits per heavy atom. The smallest absolute Gasteiger partial charge is 0.335 e. The number of aryl methyl sites for hydroxylation is 1. The van der Waals surface area contributed by atoms with Crippen LogP contribution in [0.4, 0.5) is 0 Å². The van der Waals surface area contributed by atoms with Crippen molar-refractivity contribution in [2.24, 2.45) is 4.99 Å². The van der Waals surface area contributed by atoms with Crippen LogP contribution in [0.1, 0.15) is 24.1 Å². The van der Waals surface area contributed by atoms with Crippen molar-refractivity contribution in [3.8, 4) is 0 Å². The Morgan fingerprint density at radius 2 is 1.95 bits per heavy atom. The predicted molar refractivity (Wildman–Crippen MR) is 78.3 cm³/mol. The minimum absolute atomic E-state index is 0.307. The molecule has 0 fully saturated rings. The fourth-order valence-electron chi connectivity index (χ4n) is 2.02. The van der Waals surface area contributed by atoms with Crippen LogP contribution in [-0.2, 0) is 4.79 Å². The third-order valence-corrected chi connectivity index (χ3v) is 3.63. The van der Waals surface area contributed by atoms with Gasteiger partial charge in [-0.05, 0) is 25.7 Å². The number of amidine groups is 1. The zero-order chi connectivity index (χ0) is 14.0. The largest absolute Gasteiger partial charge is 0.478 e. The van der Waals surface area contributed by atoms with Gasteiger partial charge in [-0.1, -0.05) is 41.6 Å². The first-order valence-electron chi connectivity index (χ1n) is 5.92. The van der Waals surface area contributed by atoms with Crippen molar-refractivity contribution in [3.05, 3.63) is 46.7 Å². The lowest BCUT2D eigenvalue weighted by atomic mass is 9.96. The maximum atomic E-state index is 11.4. The Labute approximate surface area is 116 Å². The molecule has 4 nitrogen and oxygen atoms in total. The first-order valence-corrected chi connectivity index (χ1v) is 7.15. The van der Waals surface area contributed by atoms with E-state index in [4.69, 9.17) is 0 Å². The van der Waals surface area contributed by atoms with Crippen molar-refractivity contribution in [2.45, 2.75) is 19.9 Å². The van der Waals surface area contributed by atoms with Gasteiger partial charge in [0.15, 0.2) is 5.17 Å². The van der Waals surface area contributed by atoms with Crippen molar-refractivity contribution >= 4 is 22.9 Å². The molecule has 0 radical (unpaired) electrons. The van der Waals surface area contributed by atoms with E-state index >= 15 is 0 Å². The molecule has 2 N–H and O–H groups in total. The summed E-state index contributed by atoms with van der Waals surface area (Å²) in [4.78, 5) is 15.9. The molecule has 0 saturated heterocycles. The number of hydrogen-bond donors (Lipinski definition) is 2. The number of nitrogens with zero attached hydrogens (tertiary/aromatic N) is 1. The molecular formula is C14H16N2O2S. The number of hydrogen-bond acceptors (Lipinski definition) is 4. The molecule has 19 heavy (non-hydrogen) atoms. The summed E-state index contributed by atoms with van der Waals surface area (Å²) in [5, 5.41) is 13.1. The highest BCUT2D eigenvalue weighted by Gasteiger charge is 2.28. The van der Waals surface area contributed by atoms with Crippen molar-refractivity contribution < 1.29 is 9.90 Å². The number of carbonyl (C=O) groups is 1. The molecular weight excluding hydrogens is 260 g/mol.